The molecule has 1 heterocycles. The van der Waals surface area contributed by atoms with E-state index < -0.39 is 0 Å². The Labute approximate surface area is 87.1 Å². The van der Waals surface area contributed by atoms with Crippen molar-refractivity contribution in [2.45, 2.75) is 13.2 Å². The molecule has 0 atom stereocenters. The number of aliphatic hydroxyl groups is 1. The molecule has 0 saturated carbocycles. The summed E-state index contributed by atoms with van der Waals surface area (Å²) in [4.78, 5) is 0. The highest BCUT2D eigenvalue weighted by molar-refractivity contribution is 5.34. The van der Waals surface area contributed by atoms with Gasteiger partial charge in [0.15, 0.2) is 0 Å². The number of hydrogen-bond acceptors (Lipinski definition) is 4. The smallest absolute Gasteiger partial charge is 0.148 e. The van der Waals surface area contributed by atoms with E-state index in [2.05, 4.69) is 10.3 Å². The Balaban J connectivity index is 2.21. The number of benzene rings is 1. The molecule has 0 amide bonds. The van der Waals surface area contributed by atoms with Crippen LogP contribution in [0.4, 0.5) is 5.82 Å². The first-order valence-corrected chi connectivity index (χ1v) is 4.64. The summed E-state index contributed by atoms with van der Waals surface area (Å²) in [6.07, 6.45) is 0. The van der Waals surface area contributed by atoms with Gasteiger partial charge in [0.05, 0.1) is 13.2 Å². The Morgan fingerprint density at radius 2 is 2.00 bits per heavy atom. The molecule has 2 rings (SSSR count). The van der Waals surface area contributed by atoms with Gasteiger partial charge in [-0.2, -0.15) is 0 Å². The van der Waals surface area contributed by atoms with Gasteiger partial charge in [-0.1, -0.05) is 35.5 Å². The SMILES string of the molecule is Nc1c(CO)nnn1Cc1ccccc1. The third-order valence-electron chi connectivity index (χ3n) is 2.17. The number of nitrogen functional groups attached to an aromatic ring is 1. The summed E-state index contributed by atoms with van der Waals surface area (Å²) in [7, 11) is 0. The largest absolute Gasteiger partial charge is 0.390 e. The van der Waals surface area contributed by atoms with Crippen molar-refractivity contribution in [2.75, 3.05) is 5.73 Å². The maximum absolute atomic E-state index is 8.90. The van der Waals surface area contributed by atoms with Crippen LogP contribution in [0.25, 0.3) is 0 Å². The zero-order chi connectivity index (χ0) is 10.7. The van der Waals surface area contributed by atoms with Crippen LogP contribution in [-0.4, -0.2) is 20.1 Å². The molecule has 0 aliphatic rings. The van der Waals surface area contributed by atoms with Crippen molar-refractivity contribution in [3.8, 4) is 0 Å². The molecule has 0 bridgehead atoms. The first-order chi connectivity index (χ1) is 7.31. The maximum Gasteiger partial charge on any atom is 0.148 e. The van der Waals surface area contributed by atoms with Crippen molar-refractivity contribution < 1.29 is 5.11 Å². The quantitative estimate of drug-likeness (QED) is 0.758. The predicted octanol–water partition coefficient (Wildman–Crippen LogP) is 0.401. The van der Waals surface area contributed by atoms with E-state index in [4.69, 9.17) is 10.8 Å². The van der Waals surface area contributed by atoms with E-state index in [0.717, 1.165) is 5.56 Å². The van der Waals surface area contributed by atoms with Crippen molar-refractivity contribution in [3.05, 3.63) is 41.6 Å². The summed E-state index contributed by atoms with van der Waals surface area (Å²) in [6, 6.07) is 9.83. The molecule has 0 saturated heterocycles. The Kier molecular flexibility index (Phi) is 2.64. The van der Waals surface area contributed by atoms with E-state index in [-0.39, 0.29) is 6.61 Å². The Hall–Kier alpha value is -1.88. The van der Waals surface area contributed by atoms with Gasteiger partial charge in [-0.05, 0) is 5.56 Å². The van der Waals surface area contributed by atoms with Crippen LogP contribution in [0.15, 0.2) is 30.3 Å². The fourth-order valence-corrected chi connectivity index (χ4v) is 1.34. The van der Waals surface area contributed by atoms with Gasteiger partial charge in [0.1, 0.15) is 11.5 Å². The molecule has 0 fully saturated rings. The molecule has 78 valence electrons. The molecule has 5 nitrogen and oxygen atoms in total. The number of hydrogen-bond donors (Lipinski definition) is 2. The van der Waals surface area contributed by atoms with E-state index in [0.29, 0.717) is 18.1 Å². The van der Waals surface area contributed by atoms with Crippen LogP contribution < -0.4 is 5.73 Å². The summed E-state index contributed by atoms with van der Waals surface area (Å²) in [6.45, 7) is 0.389. The molecular formula is C10H12N4O. The van der Waals surface area contributed by atoms with E-state index in [1.54, 1.807) is 4.68 Å². The monoisotopic (exact) mass is 204 g/mol. The molecule has 5 heteroatoms. The third-order valence-corrected chi connectivity index (χ3v) is 2.17. The molecule has 0 spiro atoms. The van der Waals surface area contributed by atoms with Crippen molar-refractivity contribution in [1.29, 1.82) is 0 Å². The van der Waals surface area contributed by atoms with Gasteiger partial charge in [-0.3, -0.25) is 0 Å². The summed E-state index contributed by atoms with van der Waals surface area (Å²) in [5, 5.41) is 16.5. The maximum atomic E-state index is 8.90. The molecule has 0 aliphatic carbocycles. The van der Waals surface area contributed by atoms with Gasteiger partial charge < -0.3 is 10.8 Å². The number of aromatic nitrogens is 3. The summed E-state index contributed by atoms with van der Waals surface area (Å²) >= 11 is 0. The molecule has 0 aliphatic heterocycles. The van der Waals surface area contributed by atoms with E-state index >= 15 is 0 Å². The lowest BCUT2D eigenvalue weighted by atomic mass is 10.2. The highest BCUT2D eigenvalue weighted by atomic mass is 16.3. The van der Waals surface area contributed by atoms with Crippen molar-refractivity contribution in [3.63, 3.8) is 0 Å². The topological polar surface area (TPSA) is 77.0 Å². The molecule has 2 aromatic rings. The van der Waals surface area contributed by atoms with Crippen molar-refractivity contribution in [1.82, 2.24) is 15.0 Å². The number of aliphatic hydroxyl groups excluding tert-OH is 1. The number of nitrogens with two attached hydrogens (primary N) is 1. The van der Waals surface area contributed by atoms with Gasteiger partial charge in [0.25, 0.3) is 0 Å². The Bertz CT molecular complexity index is 438. The van der Waals surface area contributed by atoms with Crippen LogP contribution in [0.5, 0.6) is 0 Å². The first kappa shape index (κ1) is 9.67. The second-order valence-electron chi connectivity index (χ2n) is 3.22. The predicted molar refractivity (Wildman–Crippen MR) is 55.9 cm³/mol. The van der Waals surface area contributed by atoms with Crippen LogP contribution in [0, 0.1) is 0 Å². The summed E-state index contributed by atoms with van der Waals surface area (Å²) in [5.41, 5.74) is 7.26. The molecule has 1 aromatic carbocycles. The highest BCUT2D eigenvalue weighted by Gasteiger charge is 2.07. The number of rotatable bonds is 3. The van der Waals surface area contributed by atoms with E-state index in [1.165, 1.54) is 0 Å². The normalized spacial score (nSPS) is 10.5. The van der Waals surface area contributed by atoms with Gasteiger partial charge in [-0.25, -0.2) is 4.68 Å². The summed E-state index contributed by atoms with van der Waals surface area (Å²) < 4.78 is 1.57. The van der Waals surface area contributed by atoms with Gasteiger partial charge in [0.2, 0.25) is 0 Å². The minimum absolute atomic E-state index is 0.180. The number of anilines is 1. The second-order valence-corrected chi connectivity index (χ2v) is 3.22. The van der Waals surface area contributed by atoms with Gasteiger partial charge >= 0.3 is 0 Å². The molecule has 0 unspecified atom stereocenters. The average Bonchev–Trinajstić information content (AvgIpc) is 2.62. The minimum Gasteiger partial charge on any atom is -0.390 e. The molecule has 0 radical (unpaired) electrons. The highest BCUT2D eigenvalue weighted by Crippen LogP contribution is 2.10. The zero-order valence-corrected chi connectivity index (χ0v) is 8.17. The lowest BCUT2D eigenvalue weighted by Crippen LogP contribution is -2.06. The lowest BCUT2D eigenvalue weighted by Gasteiger charge is -2.02. The fraction of sp³-hybridized carbons (Fsp3) is 0.200. The Morgan fingerprint density at radius 3 is 2.60 bits per heavy atom. The zero-order valence-electron chi connectivity index (χ0n) is 8.17. The van der Waals surface area contributed by atoms with Crippen LogP contribution >= 0.6 is 0 Å². The van der Waals surface area contributed by atoms with Crippen LogP contribution in [0.1, 0.15) is 11.3 Å². The number of nitrogens with zero attached hydrogens (tertiary/aromatic N) is 3. The van der Waals surface area contributed by atoms with Crippen molar-refractivity contribution in [2.24, 2.45) is 0 Å². The molecule has 15 heavy (non-hydrogen) atoms. The summed E-state index contributed by atoms with van der Waals surface area (Å²) in [5.74, 6) is 0.418. The second kappa shape index (κ2) is 4.10. The van der Waals surface area contributed by atoms with E-state index in [1.807, 2.05) is 30.3 Å². The van der Waals surface area contributed by atoms with Crippen LogP contribution in [0.3, 0.4) is 0 Å². The standard InChI is InChI=1S/C10H12N4O/c11-10-9(7-15)12-13-14(10)6-8-4-2-1-3-5-8/h1-5,15H,6-7,11H2. The van der Waals surface area contributed by atoms with Crippen molar-refractivity contribution >= 4 is 5.82 Å². The molecule has 3 N–H and O–H groups in total. The van der Waals surface area contributed by atoms with Gasteiger partial charge in [0, 0.05) is 0 Å². The lowest BCUT2D eigenvalue weighted by molar-refractivity contribution is 0.277. The van der Waals surface area contributed by atoms with Crippen LogP contribution in [-0.2, 0) is 13.2 Å². The third kappa shape index (κ3) is 1.97. The fourth-order valence-electron chi connectivity index (χ4n) is 1.34. The van der Waals surface area contributed by atoms with E-state index in [9.17, 15) is 0 Å². The van der Waals surface area contributed by atoms with Gasteiger partial charge in [-0.15, -0.1) is 5.10 Å². The minimum atomic E-state index is -0.180. The van der Waals surface area contributed by atoms with Crippen LogP contribution in [0.2, 0.25) is 0 Å². The Morgan fingerprint density at radius 1 is 1.27 bits per heavy atom. The first-order valence-electron chi connectivity index (χ1n) is 4.64. The average molecular weight is 204 g/mol. The molecule has 1 aromatic heterocycles. The molecular weight excluding hydrogens is 192 g/mol.